The molecule has 1 aromatic heterocycles. The Morgan fingerprint density at radius 2 is 2.42 bits per heavy atom. The lowest BCUT2D eigenvalue weighted by Crippen LogP contribution is -2.01. The van der Waals surface area contributed by atoms with Gasteiger partial charge in [-0.1, -0.05) is 6.07 Å². The lowest BCUT2D eigenvalue weighted by Gasteiger charge is -1.96. The zero-order chi connectivity index (χ0) is 8.55. The fourth-order valence-corrected chi connectivity index (χ4v) is 0.969. The van der Waals surface area contributed by atoms with E-state index in [-0.39, 0.29) is 11.8 Å². The Kier molecular flexibility index (Phi) is 1.55. The summed E-state index contributed by atoms with van der Waals surface area (Å²) in [5.74, 6) is -1.00. The predicted molar refractivity (Wildman–Crippen MR) is 39.9 cm³/mol. The van der Waals surface area contributed by atoms with Crippen molar-refractivity contribution in [2.75, 3.05) is 6.61 Å². The van der Waals surface area contributed by atoms with Crippen LogP contribution in [-0.2, 0) is 4.74 Å². The number of carboxylic acids is 1. The van der Waals surface area contributed by atoms with Crippen molar-refractivity contribution in [1.82, 2.24) is 4.98 Å². The number of pyridine rings is 1. The Hall–Kier alpha value is -1.42. The van der Waals surface area contributed by atoms with Crippen molar-refractivity contribution in [3.8, 4) is 0 Å². The number of carbonyl (C=O) groups is 1. The second-order valence-electron chi connectivity index (χ2n) is 2.57. The van der Waals surface area contributed by atoms with Gasteiger partial charge in [-0.25, -0.2) is 9.78 Å². The molecule has 1 fully saturated rings. The Morgan fingerprint density at radius 1 is 1.67 bits per heavy atom. The minimum absolute atomic E-state index is 0.0179. The van der Waals surface area contributed by atoms with E-state index in [9.17, 15) is 4.79 Å². The first kappa shape index (κ1) is 7.24. The van der Waals surface area contributed by atoms with Crippen LogP contribution in [0.3, 0.4) is 0 Å². The summed E-state index contributed by atoms with van der Waals surface area (Å²) in [4.78, 5) is 14.4. The number of epoxide rings is 1. The van der Waals surface area contributed by atoms with Crippen LogP contribution in [0.5, 0.6) is 0 Å². The standard InChI is InChI=1S/C8H7NO3/c10-8(11)6-3-1-2-5(9-6)7-4-12-7/h1-3,7H,4H2,(H,10,11). The molecule has 0 radical (unpaired) electrons. The van der Waals surface area contributed by atoms with E-state index in [1.165, 1.54) is 6.07 Å². The van der Waals surface area contributed by atoms with Gasteiger partial charge in [0.25, 0.3) is 0 Å². The van der Waals surface area contributed by atoms with Crippen molar-refractivity contribution < 1.29 is 14.6 Å². The first-order chi connectivity index (χ1) is 5.77. The zero-order valence-corrected chi connectivity index (χ0v) is 6.23. The van der Waals surface area contributed by atoms with Crippen molar-refractivity contribution >= 4 is 5.97 Å². The van der Waals surface area contributed by atoms with E-state index in [2.05, 4.69) is 4.98 Å². The number of rotatable bonds is 2. The van der Waals surface area contributed by atoms with Gasteiger partial charge in [-0.2, -0.15) is 0 Å². The molecule has 0 amide bonds. The molecule has 1 unspecified atom stereocenters. The first-order valence-electron chi connectivity index (χ1n) is 3.59. The molecule has 1 aromatic rings. The van der Waals surface area contributed by atoms with E-state index >= 15 is 0 Å². The van der Waals surface area contributed by atoms with E-state index in [0.717, 1.165) is 0 Å². The number of aromatic nitrogens is 1. The maximum Gasteiger partial charge on any atom is 0.354 e. The Balaban J connectivity index is 2.32. The molecular weight excluding hydrogens is 158 g/mol. The number of aromatic carboxylic acids is 1. The van der Waals surface area contributed by atoms with Crippen molar-refractivity contribution in [2.45, 2.75) is 6.10 Å². The number of hydrogen-bond acceptors (Lipinski definition) is 3. The monoisotopic (exact) mass is 165 g/mol. The van der Waals surface area contributed by atoms with Crippen LogP contribution >= 0.6 is 0 Å². The molecule has 0 spiro atoms. The Morgan fingerprint density at radius 3 is 3.00 bits per heavy atom. The highest BCUT2D eigenvalue weighted by Crippen LogP contribution is 2.27. The average molecular weight is 165 g/mol. The van der Waals surface area contributed by atoms with Crippen molar-refractivity contribution in [1.29, 1.82) is 0 Å². The van der Waals surface area contributed by atoms with Crippen LogP contribution in [0.4, 0.5) is 0 Å². The maximum atomic E-state index is 10.5. The molecule has 0 bridgehead atoms. The van der Waals surface area contributed by atoms with Crippen LogP contribution < -0.4 is 0 Å². The summed E-state index contributed by atoms with van der Waals surface area (Å²) in [6, 6.07) is 4.91. The average Bonchev–Trinajstić information content (AvgIpc) is 2.87. The van der Waals surface area contributed by atoms with Gasteiger partial charge in [0.15, 0.2) is 0 Å². The molecule has 1 aliphatic heterocycles. The molecule has 12 heavy (non-hydrogen) atoms. The van der Waals surface area contributed by atoms with Crippen LogP contribution in [0.1, 0.15) is 22.3 Å². The number of hydrogen-bond donors (Lipinski definition) is 1. The molecule has 4 nitrogen and oxygen atoms in total. The van der Waals surface area contributed by atoms with Crippen LogP contribution in [0, 0.1) is 0 Å². The van der Waals surface area contributed by atoms with Crippen LogP contribution in [0.2, 0.25) is 0 Å². The highest BCUT2D eigenvalue weighted by molar-refractivity contribution is 5.85. The lowest BCUT2D eigenvalue weighted by molar-refractivity contribution is 0.0690. The van der Waals surface area contributed by atoms with Gasteiger partial charge in [-0.3, -0.25) is 0 Å². The molecule has 0 saturated carbocycles. The third kappa shape index (κ3) is 1.29. The smallest absolute Gasteiger partial charge is 0.354 e. The zero-order valence-electron chi connectivity index (χ0n) is 6.23. The lowest BCUT2D eigenvalue weighted by atomic mass is 10.2. The maximum absolute atomic E-state index is 10.5. The fourth-order valence-electron chi connectivity index (χ4n) is 0.969. The summed E-state index contributed by atoms with van der Waals surface area (Å²) < 4.78 is 4.97. The summed E-state index contributed by atoms with van der Waals surface area (Å²) >= 11 is 0. The van der Waals surface area contributed by atoms with Crippen molar-refractivity contribution in [3.05, 3.63) is 29.6 Å². The fraction of sp³-hybridized carbons (Fsp3) is 0.250. The van der Waals surface area contributed by atoms with E-state index in [1.807, 2.05) is 0 Å². The molecule has 1 N–H and O–H groups in total. The molecular formula is C8H7NO3. The van der Waals surface area contributed by atoms with Gasteiger partial charge < -0.3 is 9.84 Å². The van der Waals surface area contributed by atoms with Gasteiger partial charge in [0.1, 0.15) is 11.8 Å². The largest absolute Gasteiger partial charge is 0.477 e. The van der Waals surface area contributed by atoms with E-state index < -0.39 is 5.97 Å². The summed E-state index contributed by atoms with van der Waals surface area (Å²) in [5, 5.41) is 8.61. The summed E-state index contributed by atoms with van der Waals surface area (Å²) in [5.41, 5.74) is 0.776. The van der Waals surface area contributed by atoms with Gasteiger partial charge in [0.2, 0.25) is 0 Å². The molecule has 0 aromatic carbocycles. The van der Waals surface area contributed by atoms with Crippen LogP contribution in [0.25, 0.3) is 0 Å². The number of carboxylic acid groups (broad SMARTS) is 1. The van der Waals surface area contributed by atoms with Crippen molar-refractivity contribution in [2.24, 2.45) is 0 Å². The molecule has 2 heterocycles. The second-order valence-corrected chi connectivity index (χ2v) is 2.57. The Bertz CT molecular complexity index is 320. The normalized spacial score (nSPS) is 20.5. The minimum atomic E-state index is -1.00. The summed E-state index contributed by atoms with van der Waals surface area (Å²) in [6.45, 7) is 0.649. The van der Waals surface area contributed by atoms with Gasteiger partial charge in [0.05, 0.1) is 12.3 Å². The van der Waals surface area contributed by atoms with Crippen LogP contribution in [-0.4, -0.2) is 22.7 Å². The SMILES string of the molecule is O=C(O)c1cccc(C2CO2)n1. The quantitative estimate of drug-likeness (QED) is 0.660. The molecule has 62 valence electrons. The third-order valence-electron chi connectivity index (χ3n) is 1.65. The highest BCUT2D eigenvalue weighted by atomic mass is 16.6. The van der Waals surface area contributed by atoms with Crippen molar-refractivity contribution in [3.63, 3.8) is 0 Å². The van der Waals surface area contributed by atoms with Gasteiger partial charge in [-0.05, 0) is 12.1 Å². The molecule has 1 atom stereocenters. The first-order valence-corrected chi connectivity index (χ1v) is 3.59. The predicted octanol–water partition coefficient (Wildman–Crippen LogP) is 0.851. The summed E-state index contributed by atoms with van der Waals surface area (Å²) in [7, 11) is 0. The number of nitrogens with zero attached hydrogens (tertiary/aromatic N) is 1. The molecule has 0 aliphatic carbocycles. The molecule has 2 rings (SSSR count). The van der Waals surface area contributed by atoms with Gasteiger partial charge in [-0.15, -0.1) is 0 Å². The molecule has 1 saturated heterocycles. The van der Waals surface area contributed by atoms with Gasteiger partial charge >= 0.3 is 5.97 Å². The van der Waals surface area contributed by atoms with E-state index in [1.54, 1.807) is 12.1 Å². The topological polar surface area (TPSA) is 62.7 Å². The third-order valence-corrected chi connectivity index (χ3v) is 1.65. The molecule has 4 heteroatoms. The highest BCUT2D eigenvalue weighted by Gasteiger charge is 2.26. The van der Waals surface area contributed by atoms with E-state index in [4.69, 9.17) is 9.84 Å². The second kappa shape index (κ2) is 2.57. The summed E-state index contributed by atoms with van der Waals surface area (Å²) in [6.07, 6.45) is 0.0179. The van der Waals surface area contributed by atoms with Gasteiger partial charge in [0, 0.05) is 0 Å². The minimum Gasteiger partial charge on any atom is -0.477 e. The Labute approximate surface area is 68.8 Å². The number of ether oxygens (including phenoxy) is 1. The molecule has 1 aliphatic rings. The van der Waals surface area contributed by atoms with Crippen LogP contribution in [0.15, 0.2) is 18.2 Å². The van der Waals surface area contributed by atoms with E-state index in [0.29, 0.717) is 12.3 Å².